The molecular weight excluding hydrogens is 362 g/mol. The predicted molar refractivity (Wildman–Crippen MR) is 102 cm³/mol. The van der Waals surface area contributed by atoms with Gasteiger partial charge in [0.2, 0.25) is 11.1 Å². The van der Waals surface area contributed by atoms with E-state index in [9.17, 15) is 9.90 Å². The number of benzene rings is 2. The van der Waals surface area contributed by atoms with Crippen molar-refractivity contribution in [3.63, 3.8) is 0 Å². The lowest BCUT2D eigenvalue weighted by atomic mass is 9.88. The second-order valence-corrected chi connectivity index (χ2v) is 7.33. The highest BCUT2D eigenvalue weighted by Gasteiger charge is 2.21. The molecule has 0 saturated carbocycles. The van der Waals surface area contributed by atoms with Crippen LogP contribution in [0.5, 0.6) is 5.75 Å². The molecule has 1 heterocycles. The minimum absolute atomic E-state index is 0.0399. The number of aromatic hydroxyl groups is 1. The molecule has 1 aliphatic rings. The van der Waals surface area contributed by atoms with E-state index in [1.54, 1.807) is 28.9 Å². The second kappa shape index (κ2) is 7.79. The highest BCUT2D eigenvalue weighted by molar-refractivity contribution is 7.99. The standard InChI is InChI=1S/C19H19N5O2S/c25-15-10-8-14(9-11-15)24-19(21-22-23-24)27-12-18(26)20-17-7-3-5-13-4-1-2-6-16(13)17/h1-2,4,6,8-11,17,25H,3,5,7,12H2,(H,20,26)/t17-/m1/s1. The van der Waals surface area contributed by atoms with Crippen molar-refractivity contribution in [1.29, 1.82) is 0 Å². The van der Waals surface area contributed by atoms with E-state index in [-0.39, 0.29) is 23.5 Å². The van der Waals surface area contributed by atoms with Crippen molar-refractivity contribution in [3.05, 3.63) is 59.7 Å². The first-order chi connectivity index (χ1) is 13.2. The van der Waals surface area contributed by atoms with Crippen LogP contribution in [-0.2, 0) is 11.2 Å². The van der Waals surface area contributed by atoms with Gasteiger partial charge >= 0.3 is 0 Å². The molecule has 138 valence electrons. The van der Waals surface area contributed by atoms with E-state index in [1.165, 1.54) is 22.9 Å². The fourth-order valence-corrected chi connectivity index (χ4v) is 4.00. The van der Waals surface area contributed by atoms with Crippen LogP contribution in [0.4, 0.5) is 0 Å². The van der Waals surface area contributed by atoms with E-state index in [2.05, 4.69) is 33.0 Å². The molecule has 0 radical (unpaired) electrons. The molecule has 7 nitrogen and oxygen atoms in total. The number of amides is 1. The van der Waals surface area contributed by atoms with Crippen LogP contribution in [0.25, 0.3) is 5.69 Å². The Morgan fingerprint density at radius 1 is 1.22 bits per heavy atom. The second-order valence-electron chi connectivity index (χ2n) is 6.39. The summed E-state index contributed by atoms with van der Waals surface area (Å²) in [7, 11) is 0. The van der Waals surface area contributed by atoms with Crippen LogP contribution in [0.2, 0.25) is 0 Å². The fraction of sp³-hybridized carbons (Fsp3) is 0.263. The normalized spacial score (nSPS) is 15.9. The lowest BCUT2D eigenvalue weighted by Gasteiger charge is -2.26. The Hall–Kier alpha value is -2.87. The third kappa shape index (κ3) is 3.95. The molecule has 0 unspecified atom stereocenters. The molecular formula is C19H19N5O2S. The van der Waals surface area contributed by atoms with E-state index in [1.807, 2.05) is 12.1 Å². The van der Waals surface area contributed by atoms with Crippen molar-refractivity contribution in [2.45, 2.75) is 30.5 Å². The molecule has 0 bridgehead atoms. The Morgan fingerprint density at radius 3 is 2.89 bits per heavy atom. The van der Waals surface area contributed by atoms with Crippen molar-refractivity contribution in [2.24, 2.45) is 0 Å². The maximum atomic E-state index is 12.5. The molecule has 0 fully saturated rings. The van der Waals surface area contributed by atoms with Gasteiger partial charge in [0.25, 0.3) is 0 Å². The summed E-state index contributed by atoms with van der Waals surface area (Å²) >= 11 is 1.28. The summed E-state index contributed by atoms with van der Waals surface area (Å²) in [5.41, 5.74) is 3.26. The highest BCUT2D eigenvalue weighted by Crippen LogP contribution is 2.29. The number of phenols is 1. The molecule has 0 saturated heterocycles. The topological polar surface area (TPSA) is 92.9 Å². The van der Waals surface area contributed by atoms with Gasteiger partial charge in [0, 0.05) is 0 Å². The number of carbonyl (C=O) groups excluding carboxylic acids is 1. The average Bonchev–Trinajstić information content (AvgIpc) is 3.16. The van der Waals surface area contributed by atoms with Gasteiger partial charge in [0.05, 0.1) is 17.5 Å². The molecule has 2 N–H and O–H groups in total. The average molecular weight is 381 g/mol. The quantitative estimate of drug-likeness (QED) is 0.660. The van der Waals surface area contributed by atoms with Gasteiger partial charge in [-0.25, -0.2) is 0 Å². The number of thioether (sulfide) groups is 1. The zero-order chi connectivity index (χ0) is 18.6. The van der Waals surface area contributed by atoms with Gasteiger partial charge in [0.1, 0.15) is 5.75 Å². The van der Waals surface area contributed by atoms with Gasteiger partial charge in [-0.2, -0.15) is 4.68 Å². The molecule has 27 heavy (non-hydrogen) atoms. The Morgan fingerprint density at radius 2 is 2.04 bits per heavy atom. The number of nitrogens with zero attached hydrogens (tertiary/aromatic N) is 4. The van der Waals surface area contributed by atoms with Crippen molar-refractivity contribution >= 4 is 17.7 Å². The number of carbonyl (C=O) groups is 1. The molecule has 1 aliphatic carbocycles. The number of aromatic nitrogens is 4. The Balaban J connectivity index is 1.40. The number of fused-ring (bicyclic) bond motifs is 1. The number of rotatable bonds is 5. The summed E-state index contributed by atoms with van der Waals surface area (Å²) in [6.07, 6.45) is 3.10. The number of hydrogen-bond acceptors (Lipinski definition) is 6. The number of aryl methyl sites for hydroxylation is 1. The lowest BCUT2D eigenvalue weighted by molar-refractivity contribution is -0.119. The SMILES string of the molecule is O=C(CSc1nnnn1-c1ccc(O)cc1)N[C@@H]1CCCc2ccccc21. The Bertz CT molecular complexity index is 941. The monoisotopic (exact) mass is 381 g/mol. The number of phenolic OH excluding ortho intramolecular Hbond substituents is 1. The van der Waals surface area contributed by atoms with Crippen LogP contribution in [0.1, 0.15) is 30.0 Å². The maximum absolute atomic E-state index is 12.5. The van der Waals surface area contributed by atoms with Gasteiger partial charge in [-0.3, -0.25) is 4.79 Å². The molecule has 1 amide bonds. The van der Waals surface area contributed by atoms with Gasteiger partial charge in [0.15, 0.2) is 0 Å². The largest absolute Gasteiger partial charge is 0.508 e. The third-order valence-corrected chi connectivity index (χ3v) is 5.49. The maximum Gasteiger partial charge on any atom is 0.230 e. The van der Waals surface area contributed by atoms with Crippen LogP contribution in [-0.4, -0.2) is 37.0 Å². The van der Waals surface area contributed by atoms with Crippen molar-refractivity contribution in [3.8, 4) is 11.4 Å². The lowest BCUT2D eigenvalue weighted by Crippen LogP contribution is -2.32. The Kier molecular flexibility index (Phi) is 5.06. The molecule has 4 rings (SSSR count). The van der Waals surface area contributed by atoms with Crippen LogP contribution in [0.15, 0.2) is 53.7 Å². The summed E-state index contributed by atoms with van der Waals surface area (Å²) in [6, 6.07) is 14.9. The first kappa shape index (κ1) is 17.5. The van der Waals surface area contributed by atoms with Crippen molar-refractivity contribution < 1.29 is 9.90 Å². The summed E-state index contributed by atoms with van der Waals surface area (Å²) in [5.74, 6) is 0.368. The number of tetrazole rings is 1. The minimum Gasteiger partial charge on any atom is -0.508 e. The minimum atomic E-state index is -0.0399. The van der Waals surface area contributed by atoms with Crippen molar-refractivity contribution in [2.75, 3.05) is 5.75 Å². The van der Waals surface area contributed by atoms with E-state index in [0.717, 1.165) is 24.9 Å². The van der Waals surface area contributed by atoms with Crippen LogP contribution < -0.4 is 5.32 Å². The summed E-state index contributed by atoms with van der Waals surface area (Å²) < 4.78 is 1.55. The van der Waals surface area contributed by atoms with E-state index < -0.39 is 0 Å². The van der Waals surface area contributed by atoms with E-state index in [0.29, 0.717) is 5.16 Å². The zero-order valence-electron chi connectivity index (χ0n) is 14.6. The molecule has 1 atom stereocenters. The number of hydrogen-bond donors (Lipinski definition) is 2. The number of nitrogens with one attached hydrogen (secondary N) is 1. The first-order valence-corrected chi connectivity index (χ1v) is 9.77. The van der Waals surface area contributed by atoms with Gasteiger partial charge in [-0.1, -0.05) is 36.0 Å². The summed E-state index contributed by atoms with van der Waals surface area (Å²) in [6.45, 7) is 0. The molecule has 2 aromatic carbocycles. The summed E-state index contributed by atoms with van der Waals surface area (Å²) in [5, 5.41) is 24.7. The fourth-order valence-electron chi connectivity index (χ4n) is 3.29. The third-order valence-electron chi connectivity index (χ3n) is 4.57. The first-order valence-electron chi connectivity index (χ1n) is 8.78. The Labute approximate surface area is 160 Å². The van der Waals surface area contributed by atoms with Crippen LogP contribution in [0.3, 0.4) is 0 Å². The molecule has 0 spiro atoms. The molecule has 8 heteroatoms. The van der Waals surface area contributed by atoms with E-state index in [4.69, 9.17) is 0 Å². The molecule has 1 aromatic heterocycles. The van der Waals surface area contributed by atoms with E-state index >= 15 is 0 Å². The smallest absolute Gasteiger partial charge is 0.230 e. The van der Waals surface area contributed by atoms with Crippen molar-refractivity contribution in [1.82, 2.24) is 25.5 Å². The summed E-state index contributed by atoms with van der Waals surface area (Å²) in [4.78, 5) is 12.5. The van der Waals surface area contributed by atoms with Gasteiger partial charge in [-0.05, 0) is 65.1 Å². The predicted octanol–water partition coefficient (Wildman–Crippen LogP) is 2.65. The van der Waals surface area contributed by atoms with Gasteiger partial charge in [-0.15, -0.1) is 5.10 Å². The van der Waals surface area contributed by atoms with Gasteiger partial charge < -0.3 is 10.4 Å². The molecule has 0 aliphatic heterocycles. The van der Waals surface area contributed by atoms with Crippen LogP contribution in [0, 0.1) is 0 Å². The van der Waals surface area contributed by atoms with Crippen LogP contribution >= 0.6 is 11.8 Å². The zero-order valence-corrected chi connectivity index (χ0v) is 15.4. The molecule has 3 aromatic rings. The highest BCUT2D eigenvalue weighted by atomic mass is 32.2.